The van der Waals surface area contributed by atoms with Gasteiger partial charge in [-0.1, -0.05) is 29.8 Å². The van der Waals surface area contributed by atoms with Crippen LogP contribution in [0.1, 0.15) is 64.0 Å². The largest absolute Gasteiger partial charge is 0.444 e. The molecule has 28 heavy (non-hydrogen) atoms. The molecule has 1 fully saturated rings. The van der Waals surface area contributed by atoms with E-state index in [9.17, 15) is 9.59 Å². The first-order chi connectivity index (χ1) is 13.2. The van der Waals surface area contributed by atoms with Crippen LogP contribution in [0, 0.1) is 12.8 Å². The van der Waals surface area contributed by atoms with E-state index >= 15 is 0 Å². The molecule has 0 saturated carbocycles. The van der Waals surface area contributed by atoms with E-state index in [1.165, 1.54) is 11.1 Å². The Labute approximate surface area is 169 Å². The van der Waals surface area contributed by atoms with Crippen LogP contribution in [0.4, 0.5) is 4.79 Å². The summed E-state index contributed by atoms with van der Waals surface area (Å²) in [7, 11) is 0. The molecule has 1 aliphatic heterocycles. The van der Waals surface area contributed by atoms with Crippen LogP contribution in [0.25, 0.3) is 0 Å². The molecule has 1 unspecified atom stereocenters. The van der Waals surface area contributed by atoms with Gasteiger partial charge in [-0.2, -0.15) is 0 Å². The number of piperidine rings is 1. The van der Waals surface area contributed by atoms with Gasteiger partial charge in [0.2, 0.25) is 5.91 Å². The maximum absolute atomic E-state index is 12.2. The lowest BCUT2D eigenvalue weighted by Gasteiger charge is -2.34. The lowest BCUT2D eigenvalue weighted by Crippen LogP contribution is -2.45. The van der Waals surface area contributed by atoms with Crippen LogP contribution in [-0.2, 0) is 16.0 Å². The van der Waals surface area contributed by atoms with Gasteiger partial charge in [-0.3, -0.25) is 4.79 Å². The first kappa shape index (κ1) is 22.3. The minimum atomic E-state index is -0.475. The number of hydrogen-bond acceptors (Lipinski definition) is 3. The Balaban J connectivity index is 1.62. The Morgan fingerprint density at radius 2 is 1.89 bits per heavy atom. The van der Waals surface area contributed by atoms with Crippen LogP contribution in [0.3, 0.4) is 0 Å². The normalized spacial score (nSPS) is 17.3. The van der Waals surface area contributed by atoms with E-state index in [4.69, 9.17) is 4.74 Å². The van der Waals surface area contributed by atoms with Crippen molar-refractivity contribution in [3.8, 4) is 0 Å². The number of ether oxygens (including phenoxy) is 1. The van der Waals surface area contributed by atoms with Gasteiger partial charge in [-0.05, 0) is 71.3 Å². The van der Waals surface area contributed by atoms with Gasteiger partial charge in [-0.25, -0.2) is 4.79 Å². The average Bonchev–Trinajstić information content (AvgIpc) is 2.64. The molecule has 0 spiro atoms. The van der Waals surface area contributed by atoms with E-state index in [1.54, 1.807) is 4.90 Å². The van der Waals surface area contributed by atoms with Crippen LogP contribution in [-0.4, -0.2) is 42.1 Å². The van der Waals surface area contributed by atoms with Gasteiger partial charge in [0.25, 0.3) is 0 Å². The quantitative estimate of drug-likeness (QED) is 0.701. The molecule has 2 rings (SSSR count). The third kappa shape index (κ3) is 8.32. The molecule has 2 amide bonds. The number of amides is 2. The van der Waals surface area contributed by atoms with Crippen LogP contribution in [0.5, 0.6) is 0 Å². The minimum absolute atomic E-state index is 0.110. The van der Waals surface area contributed by atoms with Gasteiger partial charge in [0.1, 0.15) is 5.60 Å². The molecule has 1 saturated heterocycles. The summed E-state index contributed by atoms with van der Waals surface area (Å²) in [5, 5.41) is 3.05. The molecular weight excluding hydrogens is 352 g/mol. The summed E-state index contributed by atoms with van der Waals surface area (Å²) in [5.41, 5.74) is 2.13. The Bertz CT molecular complexity index is 634. The molecule has 5 heteroatoms. The third-order valence-corrected chi connectivity index (χ3v) is 5.00. The van der Waals surface area contributed by atoms with Gasteiger partial charge in [-0.15, -0.1) is 0 Å². The summed E-state index contributed by atoms with van der Waals surface area (Å²) in [6.45, 7) is 9.76. The summed E-state index contributed by atoms with van der Waals surface area (Å²) >= 11 is 0. The fourth-order valence-corrected chi connectivity index (χ4v) is 3.44. The predicted octanol–water partition coefficient (Wildman–Crippen LogP) is 4.47. The zero-order valence-electron chi connectivity index (χ0n) is 17.9. The van der Waals surface area contributed by atoms with E-state index < -0.39 is 5.60 Å². The Morgan fingerprint density at radius 3 is 2.57 bits per heavy atom. The molecule has 0 aliphatic carbocycles. The minimum Gasteiger partial charge on any atom is -0.444 e. The lowest BCUT2D eigenvalue weighted by molar-refractivity contribution is -0.121. The molecular formula is C23H36N2O3. The number of nitrogens with zero attached hydrogens (tertiary/aromatic N) is 1. The SMILES string of the molecule is Cc1ccc(CCCCC(=O)NCC2CCCN(C(=O)OC(C)(C)C)C2)cc1. The molecule has 1 heterocycles. The number of carbonyl (C=O) groups is 2. The molecule has 1 N–H and O–H groups in total. The average molecular weight is 389 g/mol. The Hall–Kier alpha value is -2.04. The van der Waals surface area contributed by atoms with Crippen molar-refractivity contribution in [2.75, 3.05) is 19.6 Å². The Morgan fingerprint density at radius 1 is 1.18 bits per heavy atom. The number of rotatable bonds is 7. The topological polar surface area (TPSA) is 58.6 Å². The van der Waals surface area contributed by atoms with E-state index in [0.29, 0.717) is 25.4 Å². The molecule has 0 radical (unpaired) electrons. The van der Waals surface area contributed by atoms with E-state index in [-0.39, 0.29) is 12.0 Å². The smallest absolute Gasteiger partial charge is 0.410 e. The van der Waals surface area contributed by atoms with Gasteiger partial charge in [0, 0.05) is 26.1 Å². The summed E-state index contributed by atoms with van der Waals surface area (Å²) < 4.78 is 5.46. The summed E-state index contributed by atoms with van der Waals surface area (Å²) in [4.78, 5) is 26.1. The van der Waals surface area contributed by atoms with Crippen LogP contribution in [0.15, 0.2) is 24.3 Å². The molecule has 0 bridgehead atoms. The molecule has 0 aromatic heterocycles. The fraction of sp³-hybridized carbons (Fsp3) is 0.652. The van der Waals surface area contributed by atoms with E-state index in [1.807, 2.05) is 20.8 Å². The molecule has 1 atom stereocenters. The van der Waals surface area contributed by atoms with Gasteiger partial charge in [0.15, 0.2) is 0 Å². The summed E-state index contributed by atoms with van der Waals surface area (Å²) in [6.07, 6.45) is 5.24. The van der Waals surface area contributed by atoms with E-state index in [2.05, 4.69) is 36.5 Å². The highest BCUT2D eigenvalue weighted by molar-refractivity contribution is 5.75. The number of hydrogen-bond donors (Lipinski definition) is 1. The van der Waals surface area contributed by atoms with Crippen molar-refractivity contribution in [1.29, 1.82) is 0 Å². The Kier molecular flexibility index (Phi) is 8.34. The predicted molar refractivity (Wildman–Crippen MR) is 112 cm³/mol. The van der Waals surface area contributed by atoms with Crippen molar-refractivity contribution in [2.45, 2.75) is 71.8 Å². The number of aryl methyl sites for hydroxylation is 2. The monoisotopic (exact) mass is 388 g/mol. The zero-order valence-corrected chi connectivity index (χ0v) is 17.9. The van der Waals surface area contributed by atoms with Crippen LogP contribution >= 0.6 is 0 Å². The first-order valence-corrected chi connectivity index (χ1v) is 10.5. The van der Waals surface area contributed by atoms with Crippen LogP contribution in [0.2, 0.25) is 0 Å². The highest BCUT2D eigenvalue weighted by Gasteiger charge is 2.27. The molecule has 5 nitrogen and oxygen atoms in total. The number of benzene rings is 1. The number of likely N-dealkylation sites (tertiary alicyclic amines) is 1. The standard InChI is InChI=1S/C23H36N2O3/c1-18-11-13-19(14-12-18)8-5-6-10-21(26)24-16-20-9-7-15-25(17-20)22(27)28-23(2,3)4/h11-14,20H,5-10,15-17H2,1-4H3,(H,24,26). The second-order valence-corrected chi connectivity index (χ2v) is 8.93. The number of carbonyl (C=O) groups excluding carboxylic acids is 2. The van der Waals surface area contributed by atoms with Crippen molar-refractivity contribution in [3.63, 3.8) is 0 Å². The number of nitrogens with one attached hydrogen (secondary N) is 1. The van der Waals surface area contributed by atoms with Crippen molar-refractivity contribution >= 4 is 12.0 Å². The van der Waals surface area contributed by atoms with E-state index in [0.717, 1.165) is 38.6 Å². The van der Waals surface area contributed by atoms with Gasteiger partial charge in [0.05, 0.1) is 0 Å². The maximum atomic E-state index is 12.2. The first-order valence-electron chi connectivity index (χ1n) is 10.5. The van der Waals surface area contributed by atoms with Crippen molar-refractivity contribution in [3.05, 3.63) is 35.4 Å². The lowest BCUT2D eigenvalue weighted by atomic mass is 9.98. The number of unbranched alkanes of at least 4 members (excludes halogenated alkanes) is 1. The van der Waals surface area contributed by atoms with Crippen molar-refractivity contribution in [2.24, 2.45) is 5.92 Å². The summed E-state index contributed by atoms with van der Waals surface area (Å²) in [5.74, 6) is 0.413. The van der Waals surface area contributed by atoms with Gasteiger partial charge >= 0.3 is 6.09 Å². The molecule has 156 valence electrons. The van der Waals surface area contributed by atoms with Crippen molar-refractivity contribution < 1.29 is 14.3 Å². The highest BCUT2D eigenvalue weighted by Crippen LogP contribution is 2.19. The second-order valence-electron chi connectivity index (χ2n) is 8.93. The van der Waals surface area contributed by atoms with Gasteiger partial charge < -0.3 is 15.0 Å². The summed E-state index contributed by atoms with van der Waals surface area (Å²) in [6, 6.07) is 8.59. The fourth-order valence-electron chi connectivity index (χ4n) is 3.44. The molecule has 1 aliphatic rings. The zero-order chi connectivity index (χ0) is 20.6. The molecule has 1 aromatic rings. The molecule has 1 aromatic carbocycles. The maximum Gasteiger partial charge on any atom is 0.410 e. The third-order valence-electron chi connectivity index (χ3n) is 5.00. The second kappa shape index (κ2) is 10.5. The van der Waals surface area contributed by atoms with Crippen LogP contribution < -0.4 is 5.32 Å². The van der Waals surface area contributed by atoms with Crippen molar-refractivity contribution in [1.82, 2.24) is 10.2 Å². The highest BCUT2D eigenvalue weighted by atomic mass is 16.6.